The minimum Gasteiger partial charge on any atom is -0.494 e. The molecule has 0 aromatic heterocycles. The van der Waals surface area contributed by atoms with E-state index in [1.165, 1.54) is 31.2 Å². The predicted octanol–water partition coefficient (Wildman–Crippen LogP) is 6.90. The van der Waals surface area contributed by atoms with Crippen molar-refractivity contribution < 1.29 is 24.2 Å². The molecule has 8 heteroatoms. The van der Waals surface area contributed by atoms with Crippen molar-refractivity contribution >= 4 is 23.3 Å². The number of aliphatic carboxylic acids is 1. The van der Waals surface area contributed by atoms with Crippen LogP contribution in [0.2, 0.25) is 0 Å². The number of rotatable bonds is 19. The van der Waals surface area contributed by atoms with Crippen LogP contribution < -0.4 is 10.5 Å². The number of ether oxygens (including phenoxy) is 2. The lowest BCUT2D eigenvalue weighted by molar-refractivity contribution is -0.144. The second-order valence-electron chi connectivity index (χ2n) is 9.14. The van der Waals surface area contributed by atoms with Gasteiger partial charge in [-0.25, -0.2) is 0 Å². The molecule has 3 N–H and O–H groups in total. The molecule has 0 heterocycles. The maximum Gasteiger partial charge on any atom is 0.320 e. The molecule has 37 heavy (non-hydrogen) atoms. The third-order valence-electron chi connectivity index (χ3n) is 5.92. The molecule has 8 nitrogen and oxygen atoms in total. The zero-order chi connectivity index (χ0) is 26.7. The Morgan fingerprint density at radius 3 is 2.05 bits per heavy atom. The number of nitrogens with two attached hydrogens (primary N) is 1. The fourth-order valence-corrected chi connectivity index (χ4v) is 3.61. The number of hydrogen-bond acceptors (Lipinski definition) is 7. The summed E-state index contributed by atoms with van der Waals surface area (Å²) in [5.74, 6) is -0.727. The molecule has 0 unspecified atom stereocenters. The Morgan fingerprint density at radius 1 is 0.838 bits per heavy atom. The molecule has 0 aliphatic rings. The molecule has 0 spiro atoms. The van der Waals surface area contributed by atoms with Gasteiger partial charge < -0.3 is 20.3 Å². The van der Waals surface area contributed by atoms with Gasteiger partial charge in [-0.1, -0.05) is 38.3 Å². The van der Waals surface area contributed by atoms with Crippen molar-refractivity contribution in [3.05, 3.63) is 54.1 Å². The average Bonchev–Trinajstić information content (AvgIpc) is 2.91. The fraction of sp³-hybridized carbons (Fsp3) is 0.517. The molecule has 0 aliphatic heterocycles. The van der Waals surface area contributed by atoms with Gasteiger partial charge in [0.05, 0.1) is 24.6 Å². The molecule has 2 aromatic rings. The number of unbranched alkanes of at least 4 members (excludes halogenated alkanes) is 6. The van der Waals surface area contributed by atoms with E-state index in [9.17, 15) is 9.59 Å². The van der Waals surface area contributed by atoms with Crippen LogP contribution in [0.5, 0.6) is 5.75 Å². The third kappa shape index (κ3) is 13.6. The lowest BCUT2D eigenvalue weighted by Gasteiger charge is -2.08. The van der Waals surface area contributed by atoms with Crippen molar-refractivity contribution in [1.82, 2.24) is 0 Å². The van der Waals surface area contributed by atoms with Gasteiger partial charge in [-0.15, -0.1) is 0 Å². The van der Waals surface area contributed by atoms with Gasteiger partial charge in [-0.2, -0.15) is 10.2 Å². The number of carbonyl (C=O) groups is 2. The van der Waals surface area contributed by atoms with Crippen LogP contribution in [0.15, 0.2) is 58.8 Å². The number of carboxylic acids is 1. The van der Waals surface area contributed by atoms with Crippen molar-refractivity contribution in [3.63, 3.8) is 0 Å². The van der Waals surface area contributed by atoms with Crippen molar-refractivity contribution in [1.29, 1.82) is 0 Å². The van der Waals surface area contributed by atoms with E-state index in [0.29, 0.717) is 13.2 Å². The maximum absolute atomic E-state index is 11.6. The van der Waals surface area contributed by atoms with Crippen LogP contribution in [0.25, 0.3) is 0 Å². The molecule has 0 saturated heterocycles. The summed E-state index contributed by atoms with van der Waals surface area (Å²) in [4.78, 5) is 22.2. The van der Waals surface area contributed by atoms with Crippen LogP contribution in [0.4, 0.5) is 11.4 Å². The van der Waals surface area contributed by atoms with E-state index in [2.05, 4.69) is 29.3 Å². The largest absolute Gasteiger partial charge is 0.494 e. The highest BCUT2D eigenvalue weighted by Crippen LogP contribution is 2.22. The molecule has 0 aliphatic carbocycles. The molecule has 0 saturated carbocycles. The zero-order valence-corrected chi connectivity index (χ0v) is 21.9. The molecule has 0 radical (unpaired) electrons. The number of azo groups is 1. The topological polar surface area (TPSA) is 124 Å². The summed E-state index contributed by atoms with van der Waals surface area (Å²) in [6.07, 6.45) is 9.84. The first-order valence-corrected chi connectivity index (χ1v) is 13.4. The average molecular weight is 512 g/mol. The van der Waals surface area contributed by atoms with Crippen LogP contribution in [0.3, 0.4) is 0 Å². The molecular formula is C29H41N3O5. The monoisotopic (exact) mass is 511 g/mol. The standard InChI is InChI=1S/C29H41N3O5/c1-2-3-4-7-10-23-11-13-24(14-12-23)31-32-25-15-17-26(18-16-25)36-21-8-5-6-9-22-37-28(33)20-19-27(30)29(34)35/h11-18,27H,2-10,19-22,30H2,1H3,(H,34,35)/t27-/m0/s1. The number of carboxylic acid groups (broad SMARTS) is 1. The molecule has 0 fully saturated rings. The van der Waals surface area contributed by atoms with E-state index in [1.54, 1.807) is 0 Å². The molecule has 0 bridgehead atoms. The van der Waals surface area contributed by atoms with Crippen LogP contribution in [0, 0.1) is 0 Å². The summed E-state index contributed by atoms with van der Waals surface area (Å²) < 4.78 is 10.9. The van der Waals surface area contributed by atoms with Gasteiger partial charge in [0.2, 0.25) is 0 Å². The molecule has 0 amide bonds. The number of aryl methyl sites for hydroxylation is 1. The van der Waals surface area contributed by atoms with Crippen molar-refractivity contribution in [2.45, 2.75) is 83.6 Å². The lowest BCUT2D eigenvalue weighted by Crippen LogP contribution is -2.30. The molecule has 1 atom stereocenters. The van der Waals surface area contributed by atoms with E-state index in [4.69, 9.17) is 20.3 Å². The number of carbonyl (C=O) groups excluding carboxylic acids is 1. The first-order valence-electron chi connectivity index (χ1n) is 13.4. The van der Waals surface area contributed by atoms with Crippen molar-refractivity contribution in [2.75, 3.05) is 13.2 Å². The Hall–Kier alpha value is -3.26. The Morgan fingerprint density at radius 2 is 1.43 bits per heavy atom. The van der Waals surface area contributed by atoms with E-state index in [1.807, 2.05) is 36.4 Å². The minimum absolute atomic E-state index is 0.0216. The van der Waals surface area contributed by atoms with Crippen LogP contribution in [0.1, 0.15) is 76.7 Å². The van der Waals surface area contributed by atoms with Crippen LogP contribution in [-0.4, -0.2) is 36.3 Å². The first-order chi connectivity index (χ1) is 18.0. The highest BCUT2D eigenvalue weighted by molar-refractivity contribution is 5.75. The van der Waals surface area contributed by atoms with Crippen molar-refractivity contribution in [3.8, 4) is 5.75 Å². The summed E-state index contributed by atoms with van der Waals surface area (Å²) >= 11 is 0. The lowest BCUT2D eigenvalue weighted by atomic mass is 10.1. The van der Waals surface area contributed by atoms with Gasteiger partial charge in [0.1, 0.15) is 11.8 Å². The predicted molar refractivity (Wildman–Crippen MR) is 145 cm³/mol. The zero-order valence-electron chi connectivity index (χ0n) is 21.9. The maximum atomic E-state index is 11.6. The fourth-order valence-electron chi connectivity index (χ4n) is 3.61. The van der Waals surface area contributed by atoms with E-state index < -0.39 is 18.0 Å². The van der Waals surface area contributed by atoms with E-state index >= 15 is 0 Å². The Kier molecular flexibility index (Phi) is 14.6. The Balaban J connectivity index is 1.55. The first kappa shape index (κ1) is 30.0. The summed E-state index contributed by atoms with van der Waals surface area (Å²) in [6, 6.07) is 14.8. The Labute approximate surface area is 220 Å². The van der Waals surface area contributed by atoms with Gasteiger partial charge in [0.15, 0.2) is 0 Å². The van der Waals surface area contributed by atoms with E-state index in [-0.39, 0.29) is 12.8 Å². The van der Waals surface area contributed by atoms with Gasteiger partial charge in [-0.05, 0) is 86.9 Å². The quantitative estimate of drug-likeness (QED) is 0.120. The van der Waals surface area contributed by atoms with Gasteiger partial charge in [0.25, 0.3) is 0 Å². The molecular weight excluding hydrogens is 470 g/mol. The number of nitrogens with zero attached hydrogens (tertiary/aromatic N) is 2. The summed E-state index contributed by atoms with van der Waals surface area (Å²) in [5, 5.41) is 17.3. The van der Waals surface area contributed by atoms with Crippen LogP contribution in [-0.2, 0) is 20.7 Å². The van der Waals surface area contributed by atoms with Gasteiger partial charge >= 0.3 is 11.9 Å². The smallest absolute Gasteiger partial charge is 0.320 e. The molecule has 2 rings (SSSR count). The van der Waals surface area contributed by atoms with Crippen LogP contribution >= 0.6 is 0 Å². The number of esters is 1. The number of hydrogen-bond donors (Lipinski definition) is 2. The SMILES string of the molecule is CCCCCCc1ccc(N=Nc2ccc(OCCCCCCOC(=O)CC[C@H](N)C(=O)O)cc2)cc1. The summed E-state index contributed by atoms with van der Waals surface area (Å²) in [5.41, 5.74) is 8.33. The number of benzene rings is 2. The van der Waals surface area contributed by atoms with Gasteiger partial charge in [-0.3, -0.25) is 9.59 Å². The normalized spacial score (nSPS) is 11.9. The Bertz CT molecular complexity index is 945. The molecule has 202 valence electrons. The minimum atomic E-state index is -1.11. The highest BCUT2D eigenvalue weighted by atomic mass is 16.5. The van der Waals surface area contributed by atoms with Gasteiger partial charge in [0, 0.05) is 6.42 Å². The summed E-state index contributed by atoms with van der Waals surface area (Å²) in [6.45, 7) is 3.17. The van der Waals surface area contributed by atoms with Crippen molar-refractivity contribution in [2.24, 2.45) is 16.0 Å². The molecule has 2 aromatic carbocycles. The van der Waals surface area contributed by atoms with E-state index in [0.717, 1.165) is 49.2 Å². The third-order valence-corrected chi connectivity index (χ3v) is 5.92. The summed E-state index contributed by atoms with van der Waals surface area (Å²) in [7, 11) is 0. The second kappa shape index (κ2) is 18.1. The second-order valence-corrected chi connectivity index (χ2v) is 9.14. The highest BCUT2D eigenvalue weighted by Gasteiger charge is 2.13.